The molecule has 0 aromatic heterocycles. The first-order valence-electron chi connectivity index (χ1n) is 5.61. The van der Waals surface area contributed by atoms with Gasteiger partial charge in [-0.25, -0.2) is 0 Å². The van der Waals surface area contributed by atoms with Gasteiger partial charge in [0.05, 0.1) is 10.9 Å². The van der Waals surface area contributed by atoms with Crippen LogP contribution in [0.25, 0.3) is 0 Å². The molecule has 1 atom stereocenters. The summed E-state index contributed by atoms with van der Waals surface area (Å²) in [7, 11) is 0. The zero-order valence-electron chi connectivity index (χ0n) is 9.88. The van der Waals surface area contributed by atoms with Gasteiger partial charge in [0.1, 0.15) is 0 Å². The number of halogens is 1. The summed E-state index contributed by atoms with van der Waals surface area (Å²) in [6.45, 7) is 7.55. The van der Waals surface area contributed by atoms with Crippen LogP contribution in [0.2, 0.25) is 0 Å². The van der Waals surface area contributed by atoms with Crippen LogP contribution in [-0.4, -0.2) is 30.0 Å². The minimum absolute atomic E-state index is 0.0515. The zero-order valence-corrected chi connectivity index (χ0v) is 11.5. The van der Waals surface area contributed by atoms with Gasteiger partial charge in [0.2, 0.25) is 5.91 Å². The molecule has 1 N–H and O–H groups in total. The van der Waals surface area contributed by atoms with Crippen LogP contribution in [-0.2, 0) is 9.53 Å². The summed E-state index contributed by atoms with van der Waals surface area (Å²) in [5.41, 5.74) is 0. The first-order chi connectivity index (χ1) is 7.07. The molecule has 0 aromatic rings. The Hall–Kier alpha value is -0.0900. The van der Waals surface area contributed by atoms with Gasteiger partial charge in [0, 0.05) is 13.2 Å². The molecule has 0 heterocycles. The fourth-order valence-corrected chi connectivity index (χ4v) is 1.22. The molecule has 0 fully saturated rings. The lowest BCUT2D eigenvalue weighted by Gasteiger charge is -2.09. The van der Waals surface area contributed by atoms with Gasteiger partial charge in [-0.05, 0) is 33.1 Å². The molecule has 1 unspecified atom stereocenters. The summed E-state index contributed by atoms with van der Waals surface area (Å²) in [4.78, 5) is 11.3. The van der Waals surface area contributed by atoms with Crippen LogP contribution in [0.5, 0.6) is 0 Å². The molecule has 0 aliphatic heterocycles. The van der Waals surface area contributed by atoms with E-state index in [0.29, 0.717) is 6.10 Å². The molecule has 0 rings (SSSR count). The topological polar surface area (TPSA) is 38.3 Å². The summed E-state index contributed by atoms with van der Waals surface area (Å²) in [6.07, 6.45) is 3.09. The summed E-state index contributed by atoms with van der Waals surface area (Å²) >= 11 is 3.31. The third kappa shape index (κ3) is 8.88. The van der Waals surface area contributed by atoms with Crippen molar-refractivity contribution in [3.63, 3.8) is 0 Å². The molecule has 15 heavy (non-hydrogen) atoms. The fourth-order valence-electron chi connectivity index (χ4n) is 1.05. The van der Waals surface area contributed by atoms with Crippen molar-refractivity contribution >= 4 is 21.8 Å². The Morgan fingerprint density at radius 2 is 2.07 bits per heavy atom. The summed E-state index contributed by atoms with van der Waals surface area (Å²) in [5, 5.41) is 2.88. The first kappa shape index (κ1) is 14.9. The molecule has 0 aliphatic carbocycles. The van der Waals surface area contributed by atoms with Crippen molar-refractivity contribution in [2.24, 2.45) is 0 Å². The Morgan fingerprint density at radius 1 is 1.40 bits per heavy atom. The number of carbonyl (C=O) groups is 1. The lowest BCUT2D eigenvalue weighted by molar-refractivity contribution is -0.120. The van der Waals surface area contributed by atoms with Crippen LogP contribution in [0.4, 0.5) is 0 Å². The second-order valence-electron chi connectivity index (χ2n) is 3.79. The average molecular weight is 280 g/mol. The number of amides is 1. The Kier molecular flexibility index (Phi) is 9.10. The van der Waals surface area contributed by atoms with E-state index in [4.69, 9.17) is 4.74 Å². The Bertz CT molecular complexity index is 174. The van der Waals surface area contributed by atoms with E-state index in [0.717, 1.165) is 32.4 Å². The van der Waals surface area contributed by atoms with Gasteiger partial charge in [-0.3, -0.25) is 4.79 Å². The van der Waals surface area contributed by atoms with Crippen molar-refractivity contribution in [3.05, 3.63) is 0 Å². The molecule has 0 aromatic carbocycles. The molecule has 90 valence electrons. The van der Waals surface area contributed by atoms with Gasteiger partial charge in [0.25, 0.3) is 0 Å². The highest BCUT2D eigenvalue weighted by atomic mass is 79.9. The Balaban J connectivity index is 3.27. The van der Waals surface area contributed by atoms with E-state index in [-0.39, 0.29) is 10.7 Å². The summed E-state index contributed by atoms with van der Waals surface area (Å²) < 4.78 is 5.40. The predicted molar refractivity (Wildman–Crippen MR) is 66.3 cm³/mol. The molecule has 3 nitrogen and oxygen atoms in total. The van der Waals surface area contributed by atoms with E-state index in [1.165, 1.54) is 0 Å². The largest absolute Gasteiger partial charge is 0.379 e. The van der Waals surface area contributed by atoms with E-state index in [9.17, 15) is 4.79 Å². The maximum Gasteiger partial charge on any atom is 0.233 e. The lowest BCUT2D eigenvalue weighted by atomic mass is 10.3. The Labute approximate surface area is 101 Å². The van der Waals surface area contributed by atoms with Gasteiger partial charge in [-0.2, -0.15) is 0 Å². The standard InChI is InChI=1S/C11H22BrNO2/c1-4-10(12)11(14)13-7-5-6-8-15-9(2)3/h9-10H,4-8H2,1-3H3,(H,13,14). The third-order valence-corrected chi connectivity index (χ3v) is 3.03. The number of carbonyl (C=O) groups excluding carboxylic acids is 1. The van der Waals surface area contributed by atoms with Gasteiger partial charge in [0.15, 0.2) is 0 Å². The second kappa shape index (κ2) is 9.16. The van der Waals surface area contributed by atoms with E-state index in [2.05, 4.69) is 21.2 Å². The minimum atomic E-state index is -0.0515. The fraction of sp³-hybridized carbons (Fsp3) is 0.909. The second-order valence-corrected chi connectivity index (χ2v) is 4.90. The van der Waals surface area contributed by atoms with E-state index in [1.807, 2.05) is 20.8 Å². The number of hydrogen-bond donors (Lipinski definition) is 1. The van der Waals surface area contributed by atoms with E-state index in [1.54, 1.807) is 0 Å². The molecule has 1 amide bonds. The molecule has 0 aliphatic rings. The summed E-state index contributed by atoms with van der Waals surface area (Å²) in [6, 6.07) is 0. The minimum Gasteiger partial charge on any atom is -0.379 e. The smallest absolute Gasteiger partial charge is 0.233 e. The van der Waals surface area contributed by atoms with E-state index >= 15 is 0 Å². The van der Waals surface area contributed by atoms with Crippen molar-refractivity contribution in [2.75, 3.05) is 13.2 Å². The van der Waals surface area contributed by atoms with Gasteiger partial charge in [-0.15, -0.1) is 0 Å². The highest BCUT2D eigenvalue weighted by Crippen LogP contribution is 2.03. The quantitative estimate of drug-likeness (QED) is 0.548. The van der Waals surface area contributed by atoms with Crippen molar-refractivity contribution < 1.29 is 9.53 Å². The number of alkyl halides is 1. The SMILES string of the molecule is CCC(Br)C(=O)NCCCCOC(C)C. The molecular weight excluding hydrogens is 258 g/mol. The number of rotatable bonds is 8. The van der Waals surface area contributed by atoms with Crippen LogP contribution < -0.4 is 5.32 Å². The molecule has 0 saturated carbocycles. The normalized spacial score (nSPS) is 12.9. The van der Waals surface area contributed by atoms with Crippen molar-refractivity contribution in [3.8, 4) is 0 Å². The highest BCUT2D eigenvalue weighted by molar-refractivity contribution is 9.10. The number of hydrogen-bond acceptors (Lipinski definition) is 2. The third-order valence-electron chi connectivity index (χ3n) is 1.96. The van der Waals surface area contributed by atoms with Crippen molar-refractivity contribution in [1.29, 1.82) is 0 Å². The first-order valence-corrected chi connectivity index (χ1v) is 6.52. The molecule has 4 heteroatoms. The highest BCUT2D eigenvalue weighted by Gasteiger charge is 2.10. The zero-order chi connectivity index (χ0) is 11.7. The lowest BCUT2D eigenvalue weighted by Crippen LogP contribution is -2.31. The van der Waals surface area contributed by atoms with Crippen molar-refractivity contribution in [2.45, 2.75) is 51.0 Å². The average Bonchev–Trinajstić information content (AvgIpc) is 2.21. The molecule has 0 radical (unpaired) electrons. The monoisotopic (exact) mass is 279 g/mol. The van der Waals surface area contributed by atoms with Crippen LogP contribution >= 0.6 is 15.9 Å². The maximum atomic E-state index is 11.3. The van der Waals surface area contributed by atoms with Gasteiger partial charge < -0.3 is 10.1 Å². The van der Waals surface area contributed by atoms with Gasteiger partial charge in [-0.1, -0.05) is 22.9 Å². The molecular formula is C11H22BrNO2. The molecule has 0 saturated heterocycles. The van der Waals surface area contributed by atoms with Crippen LogP contribution in [0, 0.1) is 0 Å². The number of nitrogens with one attached hydrogen (secondary N) is 1. The predicted octanol–water partition coefficient (Wildman–Crippen LogP) is 2.48. The Morgan fingerprint density at radius 3 is 2.60 bits per heavy atom. The van der Waals surface area contributed by atoms with Gasteiger partial charge >= 0.3 is 0 Å². The van der Waals surface area contributed by atoms with Crippen LogP contribution in [0.1, 0.15) is 40.0 Å². The van der Waals surface area contributed by atoms with Crippen LogP contribution in [0.15, 0.2) is 0 Å². The maximum absolute atomic E-state index is 11.3. The van der Waals surface area contributed by atoms with Crippen LogP contribution in [0.3, 0.4) is 0 Å². The number of ether oxygens (including phenoxy) is 1. The number of unbranched alkanes of at least 4 members (excludes halogenated alkanes) is 1. The molecule has 0 bridgehead atoms. The van der Waals surface area contributed by atoms with E-state index < -0.39 is 0 Å². The molecule has 0 spiro atoms. The summed E-state index contributed by atoms with van der Waals surface area (Å²) in [5.74, 6) is 0.0854. The van der Waals surface area contributed by atoms with Crippen molar-refractivity contribution in [1.82, 2.24) is 5.32 Å².